The third-order valence-electron chi connectivity index (χ3n) is 2.57. The van der Waals surface area contributed by atoms with Gasteiger partial charge < -0.3 is 5.32 Å². The quantitative estimate of drug-likeness (QED) is 0.792. The van der Waals surface area contributed by atoms with Gasteiger partial charge in [-0.3, -0.25) is 4.79 Å². The summed E-state index contributed by atoms with van der Waals surface area (Å²) in [6.45, 7) is 0. The predicted octanol–water partition coefficient (Wildman–Crippen LogP) is 3.10. The van der Waals surface area contributed by atoms with E-state index in [1.54, 1.807) is 25.2 Å². The first-order valence-corrected chi connectivity index (χ1v) is 6.17. The van der Waals surface area contributed by atoms with Crippen LogP contribution >= 0.6 is 11.6 Å². The number of amides is 1. The Labute approximate surface area is 117 Å². The molecule has 0 unspecified atom stereocenters. The van der Waals surface area contributed by atoms with Gasteiger partial charge in [0.1, 0.15) is 0 Å². The van der Waals surface area contributed by atoms with E-state index in [9.17, 15) is 4.79 Å². The van der Waals surface area contributed by atoms with Crippen molar-refractivity contribution in [2.45, 2.75) is 0 Å². The highest BCUT2D eigenvalue weighted by Gasteiger charge is 2.05. The van der Waals surface area contributed by atoms with Crippen LogP contribution in [0.2, 0.25) is 5.02 Å². The highest BCUT2D eigenvalue weighted by molar-refractivity contribution is 6.31. The number of halogens is 1. The maximum absolute atomic E-state index is 11.5. The average molecular weight is 270 g/mol. The Kier molecular flexibility index (Phi) is 4.22. The minimum atomic E-state index is -0.153. The molecule has 0 bridgehead atoms. The number of nitrogens with one attached hydrogen (secondary N) is 1. The van der Waals surface area contributed by atoms with Crippen LogP contribution in [0.25, 0.3) is 0 Å². The molecule has 0 heterocycles. The van der Waals surface area contributed by atoms with Crippen LogP contribution in [0.3, 0.4) is 0 Å². The molecule has 0 spiro atoms. The van der Waals surface area contributed by atoms with Gasteiger partial charge in [-0.1, -0.05) is 41.6 Å². The van der Waals surface area contributed by atoms with E-state index in [4.69, 9.17) is 11.6 Å². The first-order chi connectivity index (χ1) is 9.20. The lowest BCUT2D eigenvalue weighted by Gasteiger charge is -2.01. The molecule has 94 valence electrons. The second-order valence-corrected chi connectivity index (χ2v) is 4.30. The Bertz CT molecular complexity index is 653. The van der Waals surface area contributed by atoms with Crippen molar-refractivity contribution in [3.05, 3.63) is 70.2 Å². The zero-order chi connectivity index (χ0) is 13.7. The molecular formula is C16H12ClNO. The lowest BCUT2D eigenvalue weighted by molar-refractivity contribution is 0.0963. The van der Waals surface area contributed by atoms with Crippen molar-refractivity contribution < 1.29 is 4.79 Å². The summed E-state index contributed by atoms with van der Waals surface area (Å²) in [5, 5.41) is 3.11. The van der Waals surface area contributed by atoms with Gasteiger partial charge in [0, 0.05) is 23.7 Å². The average Bonchev–Trinajstić information content (AvgIpc) is 2.46. The van der Waals surface area contributed by atoms with Gasteiger partial charge in [-0.25, -0.2) is 0 Å². The molecule has 0 saturated carbocycles. The highest BCUT2D eigenvalue weighted by atomic mass is 35.5. The van der Waals surface area contributed by atoms with E-state index in [-0.39, 0.29) is 5.91 Å². The Balaban J connectivity index is 2.35. The van der Waals surface area contributed by atoms with E-state index in [1.807, 2.05) is 30.3 Å². The molecule has 0 aliphatic carbocycles. The fourth-order valence-corrected chi connectivity index (χ4v) is 1.73. The molecule has 3 heteroatoms. The summed E-state index contributed by atoms with van der Waals surface area (Å²) in [4.78, 5) is 11.5. The van der Waals surface area contributed by atoms with Crippen LogP contribution in [0, 0.1) is 11.8 Å². The van der Waals surface area contributed by atoms with Gasteiger partial charge >= 0.3 is 0 Å². The van der Waals surface area contributed by atoms with Crippen molar-refractivity contribution in [1.82, 2.24) is 5.32 Å². The first-order valence-electron chi connectivity index (χ1n) is 5.79. The van der Waals surface area contributed by atoms with Crippen LogP contribution < -0.4 is 5.32 Å². The standard InChI is InChI=1S/C16H12ClNO/c1-18-16(19)14-9-10-15(17)13(11-14)8-7-12-5-3-2-4-6-12/h2-6,9-11H,1H3,(H,18,19). The van der Waals surface area contributed by atoms with Crippen molar-refractivity contribution in [3.63, 3.8) is 0 Å². The van der Waals surface area contributed by atoms with Crippen LogP contribution in [0.1, 0.15) is 21.5 Å². The molecule has 19 heavy (non-hydrogen) atoms. The molecule has 0 aromatic heterocycles. The van der Waals surface area contributed by atoms with Crippen molar-refractivity contribution in [3.8, 4) is 11.8 Å². The maximum atomic E-state index is 11.5. The number of hydrogen-bond acceptors (Lipinski definition) is 1. The summed E-state index contributed by atoms with van der Waals surface area (Å²) >= 11 is 6.08. The number of rotatable bonds is 1. The van der Waals surface area contributed by atoms with Gasteiger partial charge in [-0.2, -0.15) is 0 Å². The number of carbonyl (C=O) groups is 1. The molecule has 2 aromatic carbocycles. The maximum Gasteiger partial charge on any atom is 0.251 e. The van der Waals surface area contributed by atoms with Gasteiger partial charge in [0.2, 0.25) is 0 Å². The normalized spacial score (nSPS) is 9.37. The topological polar surface area (TPSA) is 29.1 Å². The van der Waals surface area contributed by atoms with Crippen molar-refractivity contribution in [1.29, 1.82) is 0 Å². The van der Waals surface area contributed by atoms with E-state index in [0.717, 1.165) is 5.56 Å². The minimum Gasteiger partial charge on any atom is -0.355 e. The predicted molar refractivity (Wildman–Crippen MR) is 77.3 cm³/mol. The number of carbonyl (C=O) groups excluding carboxylic acids is 1. The van der Waals surface area contributed by atoms with E-state index in [0.29, 0.717) is 16.1 Å². The Morgan fingerprint density at radius 2 is 1.84 bits per heavy atom. The Morgan fingerprint density at radius 1 is 1.11 bits per heavy atom. The Hall–Kier alpha value is -2.24. The van der Waals surface area contributed by atoms with Crippen LogP contribution in [-0.2, 0) is 0 Å². The summed E-state index contributed by atoms with van der Waals surface area (Å²) in [6.07, 6.45) is 0. The van der Waals surface area contributed by atoms with Crippen LogP contribution in [0.15, 0.2) is 48.5 Å². The zero-order valence-corrected chi connectivity index (χ0v) is 11.2. The van der Waals surface area contributed by atoms with E-state index in [2.05, 4.69) is 17.2 Å². The third-order valence-corrected chi connectivity index (χ3v) is 2.90. The first kappa shape index (κ1) is 13.2. The van der Waals surface area contributed by atoms with Crippen LogP contribution in [0.4, 0.5) is 0 Å². The molecule has 0 fully saturated rings. The van der Waals surface area contributed by atoms with E-state index < -0.39 is 0 Å². The van der Waals surface area contributed by atoms with Gasteiger partial charge in [0.15, 0.2) is 0 Å². The SMILES string of the molecule is CNC(=O)c1ccc(Cl)c(C#Cc2ccccc2)c1. The van der Waals surface area contributed by atoms with Gasteiger partial charge in [-0.05, 0) is 30.3 Å². The molecule has 0 aliphatic heterocycles. The molecule has 2 aromatic rings. The molecule has 0 saturated heterocycles. The molecule has 0 atom stereocenters. The molecule has 0 aliphatic rings. The summed E-state index contributed by atoms with van der Waals surface area (Å²) in [7, 11) is 1.59. The van der Waals surface area contributed by atoms with Gasteiger partial charge in [-0.15, -0.1) is 0 Å². The largest absolute Gasteiger partial charge is 0.355 e. The fraction of sp³-hybridized carbons (Fsp3) is 0.0625. The highest BCUT2D eigenvalue weighted by Crippen LogP contribution is 2.16. The lowest BCUT2D eigenvalue weighted by Crippen LogP contribution is -2.17. The molecule has 1 N–H and O–H groups in total. The summed E-state index contributed by atoms with van der Waals surface area (Å²) in [5.41, 5.74) is 2.10. The van der Waals surface area contributed by atoms with E-state index in [1.165, 1.54) is 0 Å². The van der Waals surface area contributed by atoms with Crippen molar-refractivity contribution >= 4 is 17.5 Å². The fourth-order valence-electron chi connectivity index (χ4n) is 1.57. The lowest BCUT2D eigenvalue weighted by atomic mass is 10.1. The molecule has 2 nitrogen and oxygen atoms in total. The molecule has 0 radical (unpaired) electrons. The summed E-state index contributed by atoms with van der Waals surface area (Å²) in [6, 6.07) is 14.7. The van der Waals surface area contributed by atoms with Crippen LogP contribution in [0.5, 0.6) is 0 Å². The second kappa shape index (κ2) is 6.08. The molecule has 2 rings (SSSR count). The number of hydrogen-bond donors (Lipinski definition) is 1. The summed E-state index contributed by atoms with van der Waals surface area (Å²) < 4.78 is 0. The molecular weight excluding hydrogens is 258 g/mol. The monoisotopic (exact) mass is 269 g/mol. The Morgan fingerprint density at radius 3 is 2.53 bits per heavy atom. The van der Waals surface area contributed by atoms with Gasteiger partial charge in [0.05, 0.1) is 5.02 Å². The minimum absolute atomic E-state index is 0.153. The van der Waals surface area contributed by atoms with Crippen LogP contribution in [-0.4, -0.2) is 13.0 Å². The third kappa shape index (κ3) is 3.37. The van der Waals surface area contributed by atoms with Crippen molar-refractivity contribution in [2.24, 2.45) is 0 Å². The summed E-state index contributed by atoms with van der Waals surface area (Å²) in [5.74, 6) is 5.85. The van der Waals surface area contributed by atoms with E-state index >= 15 is 0 Å². The smallest absolute Gasteiger partial charge is 0.251 e. The van der Waals surface area contributed by atoms with Crippen molar-refractivity contribution in [2.75, 3.05) is 7.05 Å². The molecule has 1 amide bonds. The van der Waals surface area contributed by atoms with Gasteiger partial charge in [0.25, 0.3) is 5.91 Å². The number of benzene rings is 2. The zero-order valence-electron chi connectivity index (χ0n) is 10.4. The second-order valence-electron chi connectivity index (χ2n) is 3.89.